The molecule has 6 nitrogen and oxygen atoms in total. The van der Waals surface area contributed by atoms with Gasteiger partial charge in [-0.2, -0.15) is 13.1 Å². The number of rotatable bonds is 9. The molecule has 176 valence electrons. The molecule has 0 bridgehead atoms. The Bertz CT molecular complexity index is 802. The number of halogens is 1. The number of nitrogens with one attached hydrogen (secondary N) is 1. The molecule has 1 aliphatic heterocycles. The number of benzene rings is 1. The highest BCUT2D eigenvalue weighted by Gasteiger charge is 2.25. The smallest absolute Gasteiger partial charge is 0.274 e. The van der Waals surface area contributed by atoms with Gasteiger partial charge in [0, 0.05) is 10.5 Å². The van der Waals surface area contributed by atoms with Crippen LogP contribution in [0.25, 0.3) is 0 Å². The van der Waals surface area contributed by atoms with Crippen molar-refractivity contribution in [1.82, 2.24) is 9.62 Å². The van der Waals surface area contributed by atoms with Crippen LogP contribution < -0.4 is 14.6 Å². The van der Waals surface area contributed by atoms with E-state index in [0.717, 1.165) is 50.3 Å². The van der Waals surface area contributed by atoms with Crippen molar-refractivity contribution < 1.29 is 13.2 Å². The summed E-state index contributed by atoms with van der Waals surface area (Å²) < 4.78 is 32.0. The van der Waals surface area contributed by atoms with E-state index in [1.54, 1.807) is 0 Å². The second-order valence-electron chi connectivity index (χ2n) is 9.58. The van der Waals surface area contributed by atoms with Crippen LogP contribution in [0.2, 0.25) is 0 Å². The van der Waals surface area contributed by atoms with Gasteiger partial charge >= 0.3 is 0 Å². The van der Waals surface area contributed by atoms with Gasteiger partial charge in [-0.1, -0.05) is 15.9 Å². The molecule has 0 atom stereocenters. The van der Waals surface area contributed by atoms with Crippen LogP contribution in [0.15, 0.2) is 22.7 Å². The van der Waals surface area contributed by atoms with Crippen molar-refractivity contribution in [3.05, 3.63) is 28.2 Å². The van der Waals surface area contributed by atoms with E-state index >= 15 is 0 Å². The lowest BCUT2D eigenvalue weighted by Gasteiger charge is -2.34. The summed E-state index contributed by atoms with van der Waals surface area (Å²) in [5.41, 5.74) is 1.35. The molecule has 1 saturated carbocycles. The van der Waals surface area contributed by atoms with E-state index < -0.39 is 10.2 Å². The summed E-state index contributed by atoms with van der Waals surface area (Å²) in [6, 6.07) is 6.35. The Morgan fingerprint density at radius 1 is 1.13 bits per heavy atom. The first kappa shape index (κ1) is 25.0. The van der Waals surface area contributed by atoms with Crippen molar-refractivity contribution in [2.45, 2.75) is 77.4 Å². The average Bonchev–Trinajstić information content (AvgIpc) is 2.69. The summed E-state index contributed by atoms with van der Waals surface area (Å²) in [6.45, 7) is 7.63. The number of hydrogen-bond donors (Lipinski definition) is 2. The third-order valence-electron chi connectivity index (χ3n) is 6.64. The van der Waals surface area contributed by atoms with Gasteiger partial charge in [-0.3, -0.25) is 0 Å². The highest BCUT2D eigenvalue weighted by molar-refractivity contribution is 9.10. The van der Waals surface area contributed by atoms with Gasteiger partial charge in [0.25, 0.3) is 10.2 Å². The summed E-state index contributed by atoms with van der Waals surface area (Å²) in [6.07, 6.45) is 8.97. The fraction of sp³-hybridized carbons (Fsp3) is 0.739. The minimum absolute atomic E-state index is 0.0192. The van der Waals surface area contributed by atoms with Crippen LogP contribution in [0.5, 0.6) is 5.75 Å². The molecule has 1 aromatic rings. The fourth-order valence-electron chi connectivity index (χ4n) is 4.94. The van der Waals surface area contributed by atoms with E-state index in [1.165, 1.54) is 42.4 Å². The molecule has 3 rings (SSSR count). The Morgan fingerprint density at radius 2 is 1.81 bits per heavy atom. The fourth-order valence-corrected chi connectivity index (χ4v) is 6.05. The minimum Gasteiger partial charge on any atom is -0.491 e. The summed E-state index contributed by atoms with van der Waals surface area (Å²) in [5, 5.41) is 5.10. The summed E-state index contributed by atoms with van der Waals surface area (Å²) in [7, 11) is -3.58. The maximum Gasteiger partial charge on any atom is 0.274 e. The van der Waals surface area contributed by atoms with Crippen LogP contribution in [-0.2, 0) is 16.6 Å². The highest BCUT2D eigenvalue weighted by Crippen LogP contribution is 2.31. The van der Waals surface area contributed by atoms with Crippen LogP contribution in [-0.4, -0.2) is 45.1 Å². The topological polar surface area (TPSA) is 84.7 Å². The summed E-state index contributed by atoms with van der Waals surface area (Å²) in [4.78, 5) is 2.61. The molecule has 0 aromatic heterocycles. The van der Waals surface area contributed by atoms with Crippen molar-refractivity contribution in [1.29, 1.82) is 0 Å². The molecule has 2 aliphatic rings. The largest absolute Gasteiger partial charge is 0.491 e. The standard InChI is InChI=1S/C23H38BrN3O3S/c1-17(2)30-22-7-8-23(24)20(16-22)15-19-10-13-27(14-11-19)12-9-18-3-5-21(6-4-18)26-31(25,28)29/h7-8,16-19,21,26H,3-6,9-15H2,1-2H3,(H2,25,28,29)/t18-,21-. The molecule has 2 fully saturated rings. The van der Waals surface area contributed by atoms with Gasteiger partial charge in [-0.25, -0.2) is 5.14 Å². The molecule has 31 heavy (non-hydrogen) atoms. The van der Waals surface area contributed by atoms with Crippen LogP contribution in [0.1, 0.15) is 64.4 Å². The van der Waals surface area contributed by atoms with E-state index in [9.17, 15) is 8.42 Å². The van der Waals surface area contributed by atoms with Gasteiger partial charge in [0.2, 0.25) is 0 Å². The summed E-state index contributed by atoms with van der Waals surface area (Å²) in [5.74, 6) is 2.39. The first-order valence-electron chi connectivity index (χ1n) is 11.7. The molecular weight excluding hydrogens is 478 g/mol. The predicted octanol–water partition coefficient (Wildman–Crippen LogP) is 4.23. The molecule has 0 spiro atoms. The third-order valence-corrected chi connectivity index (χ3v) is 8.07. The number of ether oxygens (including phenoxy) is 1. The Balaban J connectivity index is 1.37. The van der Waals surface area contributed by atoms with Gasteiger partial charge in [-0.15, -0.1) is 0 Å². The minimum atomic E-state index is -3.58. The lowest BCUT2D eigenvalue weighted by Crippen LogP contribution is -2.41. The Kier molecular flexibility index (Phi) is 9.22. The van der Waals surface area contributed by atoms with Crippen LogP contribution >= 0.6 is 15.9 Å². The Morgan fingerprint density at radius 3 is 2.42 bits per heavy atom. The lowest BCUT2D eigenvalue weighted by atomic mass is 9.84. The zero-order chi connectivity index (χ0) is 22.4. The number of hydrogen-bond acceptors (Lipinski definition) is 4. The molecule has 8 heteroatoms. The van der Waals surface area contributed by atoms with Gasteiger partial charge in [0.05, 0.1) is 6.10 Å². The lowest BCUT2D eigenvalue weighted by molar-refractivity contribution is 0.164. The summed E-state index contributed by atoms with van der Waals surface area (Å²) >= 11 is 3.71. The third kappa shape index (κ3) is 8.65. The maximum absolute atomic E-state index is 11.2. The van der Waals surface area contributed by atoms with E-state index in [-0.39, 0.29) is 12.1 Å². The van der Waals surface area contributed by atoms with Crippen molar-refractivity contribution in [3.8, 4) is 5.75 Å². The number of nitrogens with zero attached hydrogens (tertiary/aromatic N) is 1. The molecular formula is C23H38BrN3O3S. The molecule has 3 N–H and O–H groups in total. The van der Waals surface area contributed by atoms with Gasteiger partial charge in [0.15, 0.2) is 0 Å². The number of likely N-dealkylation sites (tertiary alicyclic amines) is 1. The SMILES string of the molecule is CC(C)Oc1ccc(Br)c(CC2CCN(CC[C@H]3CC[C@H](NS(N)(=O)=O)CC3)CC2)c1. The normalized spacial score (nSPS) is 23.9. The van der Waals surface area contributed by atoms with Crippen molar-refractivity contribution in [2.24, 2.45) is 17.0 Å². The second-order valence-corrected chi connectivity index (χ2v) is 11.8. The van der Waals surface area contributed by atoms with Gasteiger partial charge in [0.1, 0.15) is 5.75 Å². The van der Waals surface area contributed by atoms with Gasteiger partial charge < -0.3 is 9.64 Å². The molecule has 0 unspecified atom stereocenters. The van der Waals surface area contributed by atoms with E-state index in [2.05, 4.69) is 51.5 Å². The van der Waals surface area contributed by atoms with Crippen LogP contribution in [0.3, 0.4) is 0 Å². The number of nitrogens with two attached hydrogens (primary N) is 1. The van der Waals surface area contributed by atoms with Crippen molar-refractivity contribution >= 4 is 26.1 Å². The Hall–Kier alpha value is -0.670. The molecule has 1 aromatic carbocycles. The van der Waals surface area contributed by atoms with Crippen molar-refractivity contribution in [3.63, 3.8) is 0 Å². The van der Waals surface area contributed by atoms with E-state index in [0.29, 0.717) is 5.92 Å². The molecule has 1 saturated heterocycles. The molecule has 1 aliphatic carbocycles. The zero-order valence-electron chi connectivity index (χ0n) is 18.9. The highest BCUT2D eigenvalue weighted by atomic mass is 79.9. The van der Waals surface area contributed by atoms with Crippen LogP contribution in [0, 0.1) is 11.8 Å². The predicted molar refractivity (Wildman–Crippen MR) is 129 cm³/mol. The monoisotopic (exact) mass is 515 g/mol. The second kappa shape index (κ2) is 11.5. The van der Waals surface area contributed by atoms with E-state index in [1.807, 2.05) is 6.07 Å². The molecule has 0 amide bonds. The first-order valence-corrected chi connectivity index (χ1v) is 14.0. The van der Waals surface area contributed by atoms with Crippen molar-refractivity contribution in [2.75, 3.05) is 19.6 Å². The molecule has 1 heterocycles. The average molecular weight is 517 g/mol. The van der Waals surface area contributed by atoms with Gasteiger partial charge in [-0.05, 0) is 120 Å². The quantitative estimate of drug-likeness (QED) is 0.515. The van der Waals surface area contributed by atoms with E-state index in [4.69, 9.17) is 9.88 Å². The van der Waals surface area contributed by atoms with Crippen LogP contribution in [0.4, 0.5) is 0 Å². The zero-order valence-corrected chi connectivity index (χ0v) is 21.3. The first-order chi connectivity index (χ1) is 14.7. The Labute approximate surface area is 196 Å². The maximum atomic E-state index is 11.2. The number of piperidine rings is 1. The molecule has 0 radical (unpaired) electrons.